The van der Waals surface area contributed by atoms with Gasteiger partial charge in [0.05, 0.1) is 11.3 Å². The monoisotopic (exact) mass is 349 g/mol. The van der Waals surface area contributed by atoms with Crippen molar-refractivity contribution in [3.05, 3.63) is 89.0 Å². The molecule has 1 heterocycles. The van der Waals surface area contributed by atoms with Crippen LogP contribution >= 0.6 is 0 Å². The predicted octanol–water partition coefficient (Wildman–Crippen LogP) is 4.70. The van der Waals surface area contributed by atoms with Gasteiger partial charge >= 0.3 is 0 Å². The van der Waals surface area contributed by atoms with Crippen LogP contribution in [0.4, 0.5) is 15.8 Å². The molecule has 0 bridgehead atoms. The SMILES string of the molecule is Cc1ccc(NC(=O)c2cncc(NCc3ccc(F)cc3)c2)cc1C. The molecule has 0 aliphatic carbocycles. The van der Waals surface area contributed by atoms with Crippen molar-refractivity contribution in [2.24, 2.45) is 0 Å². The largest absolute Gasteiger partial charge is 0.380 e. The van der Waals surface area contributed by atoms with Gasteiger partial charge in [-0.05, 0) is 60.9 Å². The molecule has 0 aliphatic rings. The lowest BCUT2D eigenvalue weighted by Crippen LogP contribution is -2.13. The van der Waals surface area contributed by atoms with Crippen molar-refractivity contribution in [2.45, 2.75) is 20.4 Å². The van der Waals surface area contributed by atoms with Crippen LogP contribution in [0, 0.1) is 19.7 Å². The zero-order chi connectivity index (χ0) is 18.5. The van der Waals surface area contributed by atoms with Gasteiger partial charge in [0.25, 0.3) is 5.91 Å². The summed E-state index contributed by atoms with van der Waals surface area (Å²) in [5, 5.41) is 6.08. The van der Waals surface area contributed by atoms with E-state index in [0.29, 0.717) is 12.1 Å². The third-order valence-corrected chi connectivity index (χ3v) is 4.18. The van der Waals surface area contributed by atoms with Crippen LogP contribution in [-0.4, -0.2) is 10.9 Å². The Bertz CT molecular complexity index is 923. The predicted molar refractivity (Wildman–Crippen MR) is 102 cm³/mol. The molecule has 0 spiro atoms. The molecule has 5 heteroatoms. The van der Waals surface area contributed by atoms with Crippen molar-refractivity contribution in [1.82, 2.24) is 4.98 Å². The van der Waals surface area contributed by atoms with Crippen LogP contribution in [0.2, 0.25) is 0 Å². The molecule has 3 aromatic rings. The minimum atomic E-state index is -0.263. The van der Waals surface area contributed by atoms with Gasteiger partial charge in [-0.2, -0.15) is 0 Å². The summed E-state index contributed by atoms with van der Waals surface area (Å²) >= 11 is 0. The first-order valence-corrected chi connectivity index (χ1v) is 8.33. The Kier molecular flexibility index (Phi) is 5.27. The Morgan fingerprint density at radius 2 is 1.73 bits per heavy atom. The third kappa shape index (κ3) is 4.45. The van der Waals surface area contributed by atoms with E-state index in [1.165, 1.54) is 23.9 Å². The number of aryl methyl sites for hydroxylation is 2. The first-order valence-electron chi connectivity index (χ1n) is 8.33. The zero-order valence-electron chi connectivity index (χ0n) is 14.7. The van der Waals surface area contributed by atoms with E-state index < -0.39 is 0 Å². The molecule has 0 saturated heterocycles. The minimum absolute atomic E-state index is 0.216. The summed E-state index contributed by atoms with van der Waals surface area (Å²) in [6.07, 6.45) is 3.18. The molecule has 0 atom stereocenters. The topological polar surface area (TPSA) is 54.0 Å². The highest BCUT2D eigenvalue weighted by atomic mass is 19.1. The smallest absolute Gasteiger partial charge is 0.257 e. The highest BCUT2D eigenvalue weighted by Crippen LogP contribution is 2.16. The molecule has 132 valence electrons. The number of hydrogen-bond acceptors (Lipinski definition) is 3. The lowest BCUT2D eigenvalue weighted by molar-refractivity contribution is 0.102. The van der Waals surface area contributed by atoms with Crippen LogP contribution in [0.5, 0.6) is 0 Å². The number of hydrogen-bond donors (Lipinski definition) is 2. The fourth-order valence-electron chi connectivity index (χ4n) is 2.49. The summed E-state index contributed by atoms with van der Waals surface area (Å²) < 4.78 is 12.9. The fourth-order valence-corrected chi connectivity index (χ4v) is 2.49. The summed E-state index contributed by atoms with van der Waals surface area (Å²) in [5.74, 6) is -0.480. The Balaban J connectivity index is 1.66. The van der Waals surface area contributed by atoms with Crippen LogP contribution in [0.1, 0.15) is 27.0 Å². The molecule has 0 unspecified atom stereocenters. The molecule has 2 aromatic carbocycles. The number of rotatable bonds is 5. The van der Waals surface area contributed by atoms with Gasteiger partial charge in [-0.25, -0.2) is 4.39 Å². The number of carbonyl (C=O) groups excluding carboxylic acids is 1. The van der Waals surface area contributed by atoms with Gasteiger partial charge in [-0.1, -0.05) is 18.2 Å². The maximum atomic E-state index is 12.9. The summed E-state index contributed by atoms with van der Waals surface area (Å²) in [6.45, 7) is 4.55. The molecule has 4 nitrogen and oxygen atoms in total. The zero-order valence-corrected chi connectivity index (χ0v) is 14.7. The lowest BCUT2D eigenvalue weighted by Gasteiger charge is -2.10. The van der Waals surface area contributed by atoms with Gasteiger partial charge in [0.1, 0.15) is 5.82 Å². The van der Waals surface area contributed by atoms with Crippen molar-refractivity contribution in [2.75, 3.05) is 10.6 Å². The standard InChI is InChI=1S/C21H20FN3O/c1-14-3-8-19(9-15(14)2)25-21(26)17-10-20(13-23-12-17)24-11-16-4-6-18(22)7-5-16/h3-10,12-13,24H,11H2,1-2H3,(H,25,26). The highest BCUT2D eigenvalue weighted by molar-refractivity contribution is 6.04. The number of nitrogens with one attached hydrogen (secondary N) is 2. The molecule has 0 aliphatic heterocycles. The van der Waals surface area contributed by atoms with Gasteiger partial charge in [-0.15, -0.1) is 0 Å². The number of benzene rings is 2. The second-order valence-electron chi connectivity index (χ2n) is 6.20. The van der Waals surface area contributed by atoms with E-state index in [1.807, 2.05) is 32.0 Å². The van der Waals surface area contributed by atoms with Crippen molar-refractivity contribution in [3.63, 3.8) is 0 Å². The summed E-state index contributed by atoms with van der Waals surface area (Å²) in [4.78, 5) is 16.6. The first-order chi connectivity index (χ1) is 12.5. The maximum absolute atomic E-state index is 12.9. The van der Waals surface area contributed by atoms with Gasteiger partial charge in [0.2, 0.25) is 0 Å². The quantitative estimate of drug-likeness (QED) is 0.702. The molecule has 1 amide bonds. The van der Waals surface area contributed by atoms with Gasteiger partial charge < -0.3 is 10.6 Å². The summed E-state index contributed by atoms with van der Waals surface area (Å²) in [5.41, 5.74) is 5.18. The number of amides is 1. The molecule has 0 fully saturated rings. The lowest BCUT2D eigenvalue weighted by atomic mass is 10.1. The van der Waals surface area contributed by atoms with Crippen LogP contribution < -0.4 is 10.6 Å². The van der Waals surface area contributed by atoms with Crippen molar-refractivity contribution < 1.29 is 9.18 Å². The van der Waals surface area contributed by atoms with E-state index in [0.717, 1.165) is 22.5 Å². The Morgan fingerprint density at radius 3 is 2.46 bits per heavy atom. The van der Waals surface area contributed by atoms with Crippen molar-refractivity contribution >= 4 is 17.3 Å². The minimum Gasteiger partial charge on any atom is -0.380 e. The first kappa shape index (κ1) is 17.6. The van der Waals surface area contributed by atoms with E-state index in [4.69, 9.17) is 0 Å². The second-order valence-corrected chi connectivity index (χ2v) is 6.20. The van der Waals surface area contributed by atoms with Gasteiger partial charge in [0.15, 0.2) is 0 Å². The molecule has 0 radical (unpaired) electrons. The van der Waals surface area contributed by atoms with Crippen LogP contribution in [0.15, 0.2) is 60.9 Å². The maximum Gasteiger partial charge on any atom is 0.257 e. The normalized spacial score (nSPS) is 10.4. The van der Waals surface area contributed by atoms with E-state index in [1.54, 1.807) is 24.4 Å². The number of carbonyl (C=O) groups is 1. The van der Waals surface area contributed by atoms with Crippen LogP contribution in [-0.2, 0) is 6.54 Å². The fraction of sp³-hybridized carbons (Fsp3) is 0.143. The van der Waals surface area contributed by atoms with Gasteiger partial charge in [-0.3, -0.25) is 9.78 Å². The molecule has 1 aromatic heterocycles. The molecular weight excluding hydrogens is 329 g/mol. The van der Waals surface area contributed by atoms with Crippen molar-refractivity contribution in [3.8, 4) is 0 Å². The Labute approximate surface area is 152 Å². The van der Waals surface area contributed by atoms with E-state index in [2.05, 4.69) is 15.6 Å². The molecule has 2 N–H and O–H groups in total. The third-order valence-electron chi connectivity index (χ3n) is 4.18. The van der Waals surface area contributed by atoms with Crippen LogP contribution in [0.25, 0.3) is 0 Å². The average Bonchev–Trinajstić information content (AvgIpc) is 2.64. The Morgan fingerprint density at radius 1 is 0.962 bits per heavy atom. The Hall–Kier alpha value is -3.21. The number of anilines is 2. The number of pyridine rings is 1. The van der Waals surface area contributed by atoms with Crippen molar-refractivity contribution in [1.29, 1.82) is 0 Å². The average molecular weight is 349 g/mol. The van der Waals surface area contributed by atoms with E-state index >= 15 is 0 Å². The molecule has 3 rings (SSSR count). The number of aromatic nitrogens is 1. The van der Waals surface area contributed by atoms with E-state index in [-0.39, 0.29) is 11.7 Å². The molecule has 26 heavy (non-hydrogen) atoms. The second kappa shape index (κ2) is 7.78. The molecule has 0 saturated carbocycles. The molecular formula is C21H20FN3O. The highest BCUT2D eigenvalue weighted by Gasteiger charge is 2.08. The van der Waals surface area contributed by atoms with E-state index in [9.17, 15) is 9.18 Å². The van der Waals surface area contributed by atoms with Crippen LogP contribution in [0.3, 0.4) is 0 Å². The summed E-state index contributed by atoms with van der Waals surface area (Å²) in [7, 11) is 0. The number of halogens is 1. The number of nitrogens with zero attached hydrogens (tertiary/aromatic N) is 1. The summed E-state index contributed by atoms with van der Waals surface area (Å²) in [6, 6.07) is 13.8. The van der Waals surface area contributed by atoms with Gasteiger partial charge in [0, 0.05) is 24.6 Å².